The third-order valence-electron chi connectivity index (χ3n) is 3.76. The van der Waals surface area contributed by atoms with Crippen LogP contribution in [0.3, 0.4) is 0 Å². The van der Waals surface area contributed by atoms with Gasteiger partial charge in [-0.15, -0.1) is 0 Å². The van der Waals surface area contributed by atoms with E-state index in [0.717, 1.165) is 0 Å². The van der Waals surface area contributed by atoms with Gasteiger partial charge in [0, 0.05) is 0 Å². The average Bonchev–Trinajstić information content (AvgIpc) is 2.54. The van der Waals surface area contributed by atoms with Gasteiger partial charge < -0.3 is 0 Å². The van der Waals surface area contributed by atoms with Crippen molar-refractivity contribution in [2.45, 2.75) is 0 Å². The standard InChI is InChI=1S/C20H13/c1-2-8-17-14-18(13-12-15(17)6-1)20-11-5-9-16-7-3-4-10-19(16)20/h1-9,11-14H. The van der Waals surface area contributed by atoms with Crippen LogP contribution in [0.1, 0.15) is 0 Å². The minimum Gasteiger partial charge on any atom is -0.0616 e. The van der Waals surface area contributed by atoms with Gasteiger partial charge in [-0.3, -0.25) is 0 Å². The zero-order valence-corrected chi connectivity index (χ0v) is 11.0. The minimum absolute atomic E-state index is 1.19. The van der Waals surface area contributed by atoms with Crippen molar-refractivity contribution in [1.29, 1.82) is 0 Å². The van der Waals surface area contributed by atoms with Crippen molar-refractivity contribution < 1.29 is 0 Å². The fourth-order valence-electron chi connectivity index (χ4n) is 2.75. The maximum absolute atomic E-state index is 3.37. The van der Waals surface area contributed by atoms with E-state index in [1.165, 1.54) is 32.7 Å². The summed E-state index contributed by atoms with van der Waals surface area (Å²) in [6.45, 7) is 0. The van der Waals surface area contributed by atoms with Gasteiger partial charge in [-0.1, -0.05) is 72.8 Å². The SMILES string of the molecule is [c]1cccc2cccc(-c3ccc4ccccc4c3)c12. The zero-order valence-electron chi connectivity index (χ0n) is 11.0. The quantitative estimate of drug-likeness (QED) is 0.422. The molecule has 0 N–H and O–H groups in total. The Hall–Kier alpha value is -2.60. The van der Waals surface area contributed by atoms with E-state index in [2.05, 4.69) is 72.8 Å². The van der Waals surface area contributed by atoms with Gasteiger partial charge >= 0.3 is 0 Å². The second kappa shape index (κ2) is 4.50. The minimum atomic E-state index is 1.19. The van der Waals surface area contributed by atoms with E-state index in [-0.39, 0.29) is 0 Å². The fourth-order valence-corrected chi connectivity index (χ4v) is 2.75. The third-order valence-corrected chi connectivity index (χ3v) is 3.76. The average molecular weight is 253 g/mol. The molecule has 0 amide bonds. The van der Waals surface area contributed by atoms with E-state index in [9.17, 15) is 0 Å². The van der Waals surface area contributed by atoms with E-state index in [0.29, 0.717) is 0 Å². The molecule has 0 atom stereocenters. The van der Waals surface area contributed by atoms with Gasteiger partial charge in [0.25, 0.3) is 0 Å². The summed E-state index contributed by atoms with van der Waals surface area (Å²) in [5.74, 6) is 0. The van der Waals surface area contributed by atoms with Gasteiger partial charge in [-0.25, -0.2) is 0 Å². The summed E-state index contributed by atoms with van der Waals surface area (Å²) in [6, 6.07) is 31.0. The lowest BCUT2D eigenvalue weighted by atomic mass is 9.96. The van der Waals surface area contributed by atoms with Crippen LogP contribution in [0.2, 0.25) is 0 Å². The maximum Gasteiger partial charge on any atom is -0.00266 e. The van der Waals surface area contributed by atoms with E-state index >= 15 is 0 Å². The second-order valence-corrected chi connectivity index (χ2v) is 5.00. The third kappa shape index (κ3) is 1.78. The van der Waals surface area contributed by atoms with Gasteiger partial charge in [-0.2, -0.15) is 0 Å². The Bertz CT molecular complexity index is 898. The van der Waals surface area contributed by atoms with Crippen molar-refractivity contribution in [3.05, 3.63) is 84.9 Å². The number of benzene rings is 4. The lowest BCUT2D eigenvalue weighted by Gasteiger charge is -2.08. The van der Waals surface area contributed by atoms with Crippen LogP contribution in [-0.4, -0.2) is 0 Å². The molecule has 0 spiro atoms. The van der Waals surface area contributed by atoms with Gasteiger partial charge in [0.05, 0.1) is 0 Å². The summed E-state index contributed by atoms with van der Waals surface area (Å²) in [5, 5.41) is 4.97. The summed E-state index contributed by atoms with van der Waals surface area (Å²) < 4.78 is 0. The van der Waals surface area contributed by atoms with Crippen molar-refractivity contribution in [2.24, 2.45) is 0 Å². The van der Waals surface area contributed by atoms with Crippen LogP contribution in [0.15, 0.2) is 78.9 Å². The van der Waals surface area contributed by atoms with Crippen molar-refractivity contribution in [2.75, 3.05) is 0 Å². The van der Waals surface area contributed by atoms with Crippen LogP contribution < -0.4 is 0 Å². The molecular weight excluding hydrogens is 240 g/mol. The van der Waals surface area contributed by atoms with Gasteiger partial charge in [-0.05, 0) is 44.8 Å². The number of rotatable bonds is 1. The first-order valence-electron chi connectivity index (χ1n) is 6.80. The zero-order chi connectivity index (χ0) is 13.4. The molecule has 93 valence electrons. The summed E-state index contributed by atoms with van der Waals surface area (Å²) >= 11 is 0. The predicted molar refractivity (Wildman–Crippen MR) is 85.7 cm³/mol. The Labute approximate surface area is 118 Å². The molecule has 20 heavy (non-hydrogen) atoms. The molecule has 0 aliphatic rings. The monoisotopic (exact) mass is 253 g/mol. The Balaban J connectivity index is 2.01. The second-order valence-electron chi connectivity index (χ2n) is 5.00. The lowest BCUT2D eigenvalue weighted by Crippen LogP contribution is -1.82. The maximum atomic E-state index is 3.37. The van der Waals surface area contributed by atoms with Gasteiger partial charge in [0.2, 0.25) is 0 Å². The lowest BCUT2D eigenvalue weighted by molar-refractivity contribution is 1.67. The van der Waals surface area contributed by atoms with Crippen LogP contribution in [0.25, 0.3) is 32.7 Å². The molecule has 0 heteroatoms. The molecule has 4 aromatic rings. The molecule has 4 rings (SSSR count). The molecule has 0 fully saturated rings. The molecule has 0 unspecified atom stereocenters. The molecule has 4 aromatic carbocycles. The van der Waals surface area contributed by atoms with E-state index in [1.807, 2.05) is 12.1 Å². The summed E-state index contributed by atoms with van der Waals surface area (Å²) in [5.41, 5.74) is 2.49. The molecule has 0 bridgehead atoms. The Morgan fingerprint density at radius 2 is 1.40 bits per heavy atom. The molecule has 0 saturated carbocycles. The first kappa shape index (κ1) is 11.2. The molecular formula is C20H13. The van der Waals surface area contributed by atoms with E-state index in [1.54, 1.807) is 0 Å². The normalized spacial score (nSPS) is 11.0. The van der Waals surface area contributed by atoms with Gasteiger partial charge in [0.1, 0.15) is 0 Å². The molecule has 1 radical (unpaired) electrons. The van der Waals surface area contributed by atoms with Crippen LogP contribution in [-0.2, 0) is 0 Å². The highest BCUT2D eigenvalue weighted by atomic mass is 14.1. The highest BCUT2D eigenvalue weighted by Gasteiger charge is 2.04. The molecule has 0 nitrogen and oxygen atoms in total. The molecule has 0 saturated heterocycles. The Morgan fingerprint density at radius 3 is 2.35 bits per heavy atom. The van der Waals surface area contributed by atoms with E-state index < -0.39 is 0 Å². The first-order chi connectivity index (χ1) is 9.92. The van der Waals surface area contributed by atoms with Gasteiger partial charge in [0.15, 0.2) is 0 Å². The molecule has 0 aromatic heterocycles. The first-order valence-corrected chi connectivity index (χ1v) is 6.80. The van der Waals surface area contributed by atoms with Crippen molar-refractivity contribution in [1.82, 2.24) is 0 Å². The summed E-state index contributed by atoms with van der Waals surface area (Å²) in [7, 11) is 0. The Morgan fingerprint density at radius 1 is 0.600 bits per heavy atom. The van der Waals surface area contributed by atoms with Crippen LogP contribution in [0, 0.1) is 6.07 Å². The molecule has 0 aliphatic heterocycles. The predicted octanol–water partition coefficient (Wildman–Crippen LogP) is 5.46. The number of hydrogen-bond donors (Lipinski definition) is 0. The van der Waals surface area contributed by atoms with E-state index in [4.69, 9.17) is 0 Å². The summed E-state index contributed by atoms with van der Waals surface area (Å²) in [4.78, 5) is 0. The van der Waals surface area contributed by atoms with Crippen molar-refractivity contribution in [3.63, 3.8) is 0 Å². The van der Waals surface area contributed by atoms with Crippen LogP contribution >= 0.6 is 0 Å². The molecule has 0 heterocycles. The van der Waals surface area contributed by atoms with Crippen LogP contribution in [0.4, 0.5) is 0 Å². The Kier molecular flexibility index (Phi) is 2.53. The topological polar surface area (TPSA) is 0 Å². The fraction of sp³-hybridized carbons (Fsp3) is 0. The number of hydrogen-bond acceptors (Lipinski definition) is 0. The van der Waals surface area contributed by atoms with Crippen molar-refractivity contribution >= 4 is 21.5 Å². The summed E-state index contributed by atoms with van der Waals surface area (Å²) in [6.07, 6.45) is 0. The number of fused-ring (bicyclic) bond motifs is 2. The molecule has 0 aliphatic carbocycles. The smallest absolute Gasteiger partial charge is 0.00266 e. The highest BCUT2D eigenvalue weighted by Crippen LogP contribution is 2.30. The van der Waals surface area contributed by atoms with Crippen LogP contribution in [0.5, 0.6) is 0 Å². The highest BCUT2D eigenvalue weighted by molar-refractivity contribution is 5.98. The largest absolute Gasteiger partial charge is 0.0616 e. The van der Waals surface area contributed by atoms with Crippen molar-refractivity contribution in [3.8, 4) is 11.1 Å².